The molecule has 0 radical (unpaired) electrons. The SMILES string of the molecule is c1ccc2c(c1)-c1ccccc1C21c2ccccc2-c2cc3c(cc21)oc1c(-c2nc(-c4ccc5ccccc5c4)c4ccccc4n2)cccc13. The highest BCUT2D eigenvalue weighted by molar-refractivity contribution is 6.12. The van der Waals surface area contributed by atoms with Gasteiger partial charge in [-0.25, -0.2) is 9.97 Å². The van der Waals surface area contributed by atoms with E-state index in [2.05, 4.69) is 164 Å². The van der Waals surface area contributed by atoms with E-state index in [4.69, 9.17) is 14.4 Å². The second-order valence-corrected chi connectivity index (χ2v) is 14.0. The molecule has 0 fully saturated rings. The predicted octanol–water partition coefficient (Wildman–Crippen LogP) is 12.4. The minimum absolute atomic E-state index is 0.425. The number of hydrogen-bond donors (Lipinski definition) is 0. The lowest BCUT2D eigenvalue weighted by molar-refractivity contribution is 0.667. The first-order chi connectivity index (χ1) is 25.8. The molecule has 0 N–H and O–H groups in total. The van der Waals surface area contributed by atoms with Crippen LogP contribution >= 0.6 is 0 Å². The highest BCUT2D eigenvalue weighted by Crippen LogP contribution is 2.63. The second-order valence-electron chi connectivity index (χ2n) is 14.0. The van der Waals surface area contributed by atoms with Crippen LogP contribution in [-0.2, 0) is 5.41 Å². The zero-order valence-electron chi connectivity index (χ0n) is 28.0. The molecule has 2 aliphatic rings. The zero-order chi connectivity index (χ0) is 34.0. The Morgan fingerprint density at radius 1 is 0.404 bits per heavy atom. The Morgan fingerprint density at radius 3 is 1.79 bits per heavy atom. The maximum absolute atomic E-state index is 6.98. The maximum atomic E-state index is 6.98. The van der Waals surface area contributed by atoms with Crippen LogP contribution in [0.5, 0.6) is 0 Å². The van der Waals surface area contributed by atoms with E-state index >= 15 is 0 Å². The molecule has 0 saturated heterocycles. The molecule has 2 aromatic heterocycles. The van der Waals surface area contributed by atoms with E-state index < -0.39 is 5.41 Å². The minimum atomic E-state index is -0.425. The van der Waals surface area contributed by atoms with E-state index in [1.807, 2.05) is 6.07 Å². The summed E-state index contributed by atoms with van der Waals surface area (Å²) in [5.41, 5.74) is 15.4. The highest BCUT2D eigenvalue weighted by atomic mass is 16.3. The summed E-state index contributed by atoms with van der Waals surface area (Å²) >= 11 is 0. The molecule has 240 valence electrons. The van der Waals surface area contributed by atoms with Crippen LogP contribution in [0.25, 0.3) is 88.5 Å². The Labute approximate surface area is 299 Å². The molecule has 8 aromatic carbocycles. The van der Waals surface area contributed by atoms with Crippen molar-refractivity contribution < 1.29 is 4.42 Å². The largest absolute Gasteiger partial charge is 0.455 e. The standard InChI is InChI=1S/C49H28N2O/c1-2-13-30-26-31(25-24-29(30)12-1)46-36-17-6-10-23-44(36)50-48(51-46)37-19-11-18-35-39-27-38-34-16-5-9-22-42(34)49(43(38)28-45(39)52-47(35)37)40-20-7-3-14-32(40)33-15-4-8-21-41(33)49/h1-28H. The van der Waals surface area contributed by atoms with Crippen molar-refractivity contribution in [1.82, 2.24) is 9.97 Å². The van der Waals surface area contributed by atoms with Gasteiger partial charge >= 0.3 is 0 Å². The van der Waals surface area contributed by atoms with Crippen molar-refractivity contribution in [3.63, 3.8) is 0 Å². The number of fused-ring (bicyclic) bond motifs is 15. The number of furan rings is 1. The fourth-order valence-electron chi connectivity index (χ4n) is 9.31. The molecule has 52 heavy (non-hydrogen) atoms. The average Bonchev–Trinajstić information content (AvgIpc) is 3.83. The molecule has 0 aliphatic heterocycles. The van der Waals surface area contributed by atoms with Crippen LogP contribution in [0.4, 0.5) is 0 Å². The van der Waals surface area contributed by atoms with Gasteiger partial charge in [-0.15, -0.1) is 0 Å². The van der Waals surface area contributed by atoms with Crippen LogP contribution in [0.3, 0.4) is 0 Å². The van der Waals surface area contributed by atoms with Gasteiger partial charge < -0.3 is 4.42 Å². The normalized spacial score (nSPS) is 13.5. The van der Waals surface area contributed by atoms with E-state index in [-0.39, 0.29) is 0 Å². The lowest BCUT2D eigenvalue weighted by atomic mass is 9.70. The highest BCUT2D eigenvalue weighted by Gasteiger charge is 2.51. The summed E-state index contributed by atoms with van der Waals surface area (Å²) in [7, 11) is 0. The summed E-state index contributed by atoms with van der Waals surface area (Å²) in [5.74, 6) is 0.652. The quantitative estimate of drug-likeness (QED) is 0.185. The fraction of sp³-hybridized carbons (Fsp3) is 0.0204. The van der Waals surface area contributed by atoms with E-state index in [0.717, 1.165) is 49.7 Å². The molecule has 0 unspecified atom stereocenters. The van der Waals surface area contributed by atoms with E-state index in [0.29, 0.717) is 5.82 Å². The number of aromatic nitrogens is 2. The van der Waals surface area contributed by atoms with Crippen LogP contribution < -0.4 is 0 Å². The maximum Gasteiger partial charge on any atom is 0.164 e. The lowest BCUT2D eigenvalue weighted by Gasteiger charge is -2.30. The third-order valence-corrected chi connectivity index (χ3v) is 11.5. The molecule has 12 rings (SSSR count). The first-order valence-corrected chi connectivity index (χ1v) is 17.8. The van der Waals surface area contributed by atoms with Gasteiger partial charge in [0.2, 0.25) is 0 Å². The van der Waals surface area contributed by atoms with Crippen molar-refractivity contribution in [2.24, 2.45) is 0 Å². The second kappa shape index (κ2) is 10.1. The van der Waals surface area contributed by atoms with Gasteiger partial charge in [-0.05, 0) is 85.6 Å². The first kappa shape index (κ1) is 27.9. The van der Waals surface area contributed by atoms with Gasteiger partial charge in [0.05, 0.1) is 22.2 Å². The summed E-state index contributed by atoms with van der Waals surface area (Å²) in [6, 6.07) is 61.1. The molecule has 2 heterocycles. The Balaban J connectivity index is 1.12. The number of para-hydroxylation sites is 2. The summed E-state index contributed by atoms with van der Waals surface area (Å²) in [4.78, 5) is 10.4. The van der Waals surface area contributed by atoms with Crippen LogP contribution in [0.2, 0.25) is 0 Å². The van der Waals surface area contributed by atoms with Crippen LogP contribution in [0.1, 0.15) is 22.3 Å². The summed E-state index contributed by atoms with van der Waals surface area (Å²) in [6.07, 6.45) is 0. The van der Waals surface area contributed by atoms with Crippen molar-refractivity contribution in [2.45, 2.75) is 5.41 Å². The topological polar surface area (TPSA) is 38.9 Å². The van der Waals surface area contributed by atoms with Crippen molar-refractivity contribution in [1.29, 1.82) is 0 Å². The Bertz CT molecular complexity index is 3110. The fourth-order valence-corrected chi connectivity index (χ4v) is 9.31. The average molecular weight is 661 g/mol. The van der Waals surface area contributed by atoms with Gasteiger partial charge in [0.25, 0.3) is 0 Å². The van der Waals surface area contributed by atoms with Crippen LogP contribution in [0.15, 0.2) is 174 Å². The minimum Gasteiger partial charge on any atom is -0.455 e. The molecule has 2 aliphatic carbocycles. The Hall–Kier alpha value is -6.84. The van der Waals surface area contributed by atoms with Gasteiger partial charge in [0, 0.05) is 21.7 Å². The van der Waals surface area contributed by atoms with E-state index in [1.54, 1.807) is 0 Å². The number of nitrogens with zero attached hydrogens (tertiary/aromatic N) is 2. The van der Waals surface area contributed by atoms with Crippen molar-refractivity contribution >= 4 is 43.6 Å². The molecule has 0 bridgehead atoms. The zero-order valence-corrected chi connectivity index (χ0v) is 28.0. The number of benzene rings is 8. The van der Waals surface area contributed by atoms with Crippen LogP contribution in [0, 0.1) is 0 Å². The van der Waals surface area contributed by atoms with Crippen molar-refractivity contribution in [2.75, 3.05) is 0 Å². The number of rotatable bonds is 2. The summed E-state index contributed by atoms with van der Waals surface area (Å²) < 4.78 is 6.98. The Morgan fingerprint density at radius 2 is 1.02 bits per heavy atom. The monoisotopic (exact) mass is 660 g/mol. The van der Waals surface area contributed by atoms with Gasteiger partial charge in [0.1, 0.15) is 11.2 Å². The predicted molar refractivity (Wildman–Crippen MR) is 211 cm³/mol. The molecule has 1 spiro atoms. The molecule has 3 nitrogen and oxygen atoms in total. The third kappa shape index (κ3) is 3.54. The molecule has 3 heteroatoms. The van der Waals surface area contributed by atoms with Crippen LogP contribution in [-0.4, -0.2) is 9.97 Å². The number of hydrogen-bond acceptors (Lipinski definition) is 3. The van der Waals surface area contributed by atoms with E-state index in [1.165, 1.54) is 55.3 Å². The molecular formula is C49H28N2O. The summed E-state index contributed by atoms with van der Waals surface area (Å²) in [6.45, 7) is 0. The lowest BCUT2D eigenvalue weighted by Crippen LogP contribution is -2.25. The van der Waals surface area contributed by atoms with Gasteiger partial charge in [0.15, 0.2) is 5.82 Å². The molecule has 0 amide bonds. The smallest absolute Gasteiger partial charge is 0.164 e. The Kier molecular flexibility index (Phi) is 5.43. The molecule has 10 aromatic rings. The first-order valence-electron chi connectivity index (χ1n) is 17.8. The third-order valence-electron chi connectivity index (χ3n) is 11.5. The molecular weight excluding hydrogens is 633 g/mol. The molecule has 0 atom stereocenters. The van der Waals surface area contributed by atoms with Crippen molar-refractivity contribution in [3.05, 3.63) is 192 Å². The summed E-state index contributed by atoms with van der Waals surface area (Å²) in [5, 5.41) is 5.57. The van der Waals surface area contributed by atoms with Crippen molar-refractivity contribution in [3.8, 4) is 44.9 Å². The van der Waals surface area contributed by atoms with Gasteiger partial charge in [-0.1, -0.05) is 140 Å². The van der Waals surface area contributed by atoms with Gasteiger partial charge in [-0.3, -0.25) is 0 Å². The van der Waals surface area contributed by atoms with E-state index in [9.17, 15) is 0 Å². The van der Waals surface area contributed by atoms with Gasteiger partial charge in [-0.2, -0.15) is 0 Å². The molecule has 0 saturated carbocycles.